The lowest BCUT2D eigenvalue weighted by atomic mass is 10.0. The highest BCUT2D eigenvalue weighted by atomic mass is 32.2. The van der Waals surface area contributed by atoms with Gasteiger partial charge in [0.2, 0.25) is 0 Å². The van der Waals surface area contributed by atoms with Crippen LogP contribution in [-0.4, -0.2) is 21.3 Å². The van der Waals surface area contributed by atoms with E-state index in [-0.39, 0.29) is 6.42 Å². The predicted molar refractivity (Wildman–Crippen MR) is 94.5 cm³/mol. The summed E-state index contributed by atoms with van der Waals surface area (Å²) in [5.41, 5.74) is 2.12. The van der Waals surface area contributed by atoms with Crippen molar-refractivity contribution >= 4 is 17.7 Å². The van der Waals surface area contributed by atoms with Gasteiger partial charge in [-0.1, -0.05) is 24.6 Å². The van der Waals surface area contributed by atoms with E-state index in [0.717, 1.165) is 21.9 Å². The number of aliphatic carboxylic acids is 1. The number of carboxylic acid groups (broad SMARTS) is 1. The van der Waals surface area contributed by atoms with Crippen molar-refractivity contribution < 1.29 is 14.6 Å². The Bertz CT molecular complexity index is 683. The summed E-state index contributed by atoms with van der Waals surface area (Å²) in [6, 6.07) is 11.6. The van der Waals surface area contributed by atoms with Gasteiger partial charge in [-0.3, -0.25) is 4.79 Å². The zero-order chi connectivity index (χ0) is 16.8. The highest BCUT2D eigenvalue weighted by Gasteiger charge is 2.20. The molecule has 1 N–H and O–H groups in total. The van der Waals surface area contributed by atoms with E-state index in [1.54, 1.807) is 0 Å². The predicted octanol–water partition coefficient (Wildman–Crippen LogP) is 4.32. The minimum Gasteiger partial charge on any atom is -0.489 e. The topological polar surface area (TPSA) is 59.4 Å². The molecule has 0 aliphatic heterocycles. The van der Waals surface area contributed by atoms with Crippen molar-refractivity contribution in [1.82, 2.24) is 4.98 Å². The van der Waals surface area contributed by atoms with Crippen LogP contribution in [0, 0.1) is 0 Å². The molecule has 2 aromatic rings. The number of hydrogen-bond donors (Lipinski definition) is 1. The third-order valence-corrected chi connectivity index (χ3v) is 5.52. The Labute approximate surface area is 146 Å². The van der Waals surface area contributed by atoms with Crippen molar-refractivity contribution in [2.24, 2.45) is 0 Å². The first-order valence-corrected chi connectivity index (χ1v) is 9.13. The average molecular weight is 343 g/mol. The maximum absolute atomic E-state index is 10.6. The van der Waals surface area contributed by atoms with Crippen molar-refractivity contribution in [3.8, 4) is 5.75 Å². The Hall–Kier alpha value is -2.01. The molecule has 4 nitrogen and oxygen atoms in total. The normalized spacial score (nSPS) is 14.2. The summed E-state index contributed by atoms with van der Waals surface area (Å²) in [6.45, 7) is 0.497. The molecular formula is C19H21NO3S. The first-order valence-electron chi connectivity index (χ1n) is 8.25. The summed E-state index contributed by atoms with van der Waals surface area (Å²) in [5, 5.41) is 10.5. The fourth-order valence-electron chi connectivity index (χ4n) is 2.45. The number of aryl methyl sites for hydroxylation is 1. The molecule has 1 aromatic heterocycles. The average Bonchev–Trinajstić information content (AvgIpc) is 2.56. The van der Waals surface area contributed by atoms with Gasteiger partial charge >= 0.3 is 5.97 Å². The van der Waals surface area contributed by atoms with E-state index in [1.165, 1.54) is 19.3 Å². The standard InChI is InChI=1S/C19H21NO3S/c21-18(22)11-8-14-6-9-16(10-7-14)23-13-15-3-2-12-20-19(15)24-17-4-1-5-17/h2-3,6-7,9-10,12,17H,1,4-5,8,11,13H2,(H,21,22). The van der Waals surface area contributed by atoms with E-state index in [1.807, 2.05) is 48.3 Å². The molecule has 126 valence electrons. The number of carbonyl (C=O) groups is 1. The van der Waals surface area contributed by atoms with Gasteiger partial charge in [-0.25, -0.2) is 4.98 Å². The van der Waals surface area contributed by atoms with Crippen LogP contribution < -0.4 is 4.74 Å². The summed E-state index contributed by atoms with van der Waals surface area (Å²) in [6.07, 6.45) is 6.41. The number of aromatic nitrogens is 1. The number of hydrogen-bond acceptors (Lipinski definition) is 4. The highest BCUT2D eigenvalue weighted by molar-refractivity contribution is 8.00. The van der Waals surface area contributed by atoms with Gasteiger partial charge in [0.25, 0.3) is 0 Å². The molecule has 3 rings (SSSR count). The first kappa shape index (κ1) is 16.8. The zero-order valence-electron chi connectivity index (χ0n) is 13.5. The highest BCUT2D eigenvalue weighted by Crippen LogP contribution is 2.36. The minimum atomic E-state index is -0.775. The monoisotopic (exact) mass is 343 g/mol. The molecular weight excluding hydrogens is 322 g/mol. The summed E-state index contributed by atoms with van der Waals surface area (Å²) < 4.78 is 5.88. The molecule has 0 radical (unpaired) electrons. The summed E-state index contributed by atoms with van der Waals surface area (Å²) >= 11 is 1.86. The van der Waals surface area contributed by atoms with Crippen LogP contribution >= 0.6 is 11.8 Å². The van der Waals surface area contributed by atoms with E-state index in [4.69, 9.17) is 9.84 Å². The van der Waals surface area contributed by atoms with Gasteiger partial charge in [-0.15, -0.1) is 11.8 Å². The van der Waals surface area contributed by atoms with Gasteiger partial charge in [-0.05, 0) is 43.0 Å². The molecule has 0 spiro atoms. The molecule has 1 aromatic carbocycles. The van der Waals surface area contributed by atoms with E-state index in [2.05, 4.69) is 11.1 Å². The lowest BCUT2D eigenvalue weighted by Crippen LogP contribution is -2.13. The molecule has 24 heavy (non-hydrogen) atoms. The van der Waals surface area contributed by atoms with Crippen molar-refractivity contribution in [3.63, 3.8) is 0 Å². The number of thioether (sulfide) groups is 1. The van der Waals surface area contributed by atoms with Crippen LogP contribution in [0.1, 0.15) is 36.8 Å². The molecule has 5 heteroatoms. The quantitative estimate of drug-likeness (QED) is 0.773. The van der Waals surface area contributed by atoms with E-state index in [0.29, 0.717) is 18.3 Å². The lowest BCUT2D eigenvalue weighted by molar-refractivity contribution is -0.136. The zero-order valence-corrected chi connectivity index (χ0v) is 14.3. The molecule has 1 heterocycles. The van der Waals surface area contributed by atoms with E-state index in [9.17, 15) is 4.79 Å². The van der Waals surface area contributed by atoms with Gasteiger partial charge in [0.05, 0.1) is 0 Å². The second kappa shape index (κ2) is 8.20. The largest absolute Gasteiger partial charge is 0.489 e. The summed E-state index contributed by atoms with van der Waals surface area (Å²) in [5.74, 6) is 0.0147. The Morgan fingerprint density at radius 3 is 2.71 bits per heavy atom. The van der Waals surface area contributed by atoms with Crippen molar-refractivity contribution in [1.29, 1.82) is 0 Å². The fraction of sp³-hybridized carbons (Fsp3) is 0.368. The molecule has 1 saturated carbocycles. The minimum absolute atomic E-state index is 0.150. The fourth-order valence-corrected chi connectivity index (χ4v) is 3.74. The number of benzene rings is 1. The maximum Gasteiger partial charge on any atom is 0.303 e. The van der Waals surface area contributed by atoms with Crippen LogP contribution in [0.5, 0.6) is 5.75 Å². The molecule has 1 aliphatic rings. The number of carboxylic acids is 1. The SMILES string of the molecule is O=C(O)CCc1ccc(OCc2cccnc2SC2CCC2)cc1. The van der Waals surface area contributed by atoms with E-state index >= 15 is 0 Å². The Kier molecular flexibility index (Phi) is 5.75. The van der Waals surface area contributed by atoms with Crippen LogP contribution in [0.4, 0.5) is 0 Å². The number of ether oxygens (including phenoxy) is 1. The maximum atomic E-state index is 10.6. The second-order valence-electron chi connectivity index (χ2n) is 5.96. The third-order valence-electron chi connectivity index (χ3n) is 4.13. The Balaban J connectivity index is 1.56. The molecule has 0 amide bonds. The van der Waals surface area contributed by atoms with Crippen LogP contribution in [0.25, 0.3) is 0 Å². The third kappa shape index (κ3) is 4.74. The molecule has 0 atom stereocenters. The molecule has 0 bridgehead atoms. The van der Waals surface area contributed by atoms with Crippen molar-refractivity contribution in [3.05, 3.63) is 53.7 Å². The molecule has 1 aliphatic carbocycles. The van der Waals surface area contributed by atoms with Gasteiger partial charge < -0.3 is 9.84 Å². The molecule has 1 fully saturated rings. The van der Waals surface area contributed by atoms with Gasteiger partial charge in [-0.2, -0.15) is 0 Å². The molecule has 0 saturated heterocycles. The lowest BCUT2D eigenvalue weighted by Gasteiger charge is -2.24. The number of nitrogens with zero attached hydrogens (tertiary/aromatic N) is 1. The van der Waals surface area contributed by atoms with E-state index < -0.39 is 5.97 Å². The van der Waals surface area contributed by atoms with Crippen molar-refractivity contribution in [2.45, 2.75) is 49.0 Å². The van der Waals surface area contributed by atoms with Crippen LogP contribution in [0.15, 0.2) is 47.6 Å². The Morgan fingerprint density at radius 1 is 1.25 bits per heavy atom. The van der Waals surface area contributed by atoms with Gasteiger partial charge in [0.15, 0.2) is 0 Å². The van der Waals surface area contributed by atoms with Gasteiger partial charge in [0.1, 0.15) is 17.4 Å². The van der Waals surface area contributed by atoms with Gasteiger partial charge in [0, 0.05) is 23.4 Å². The van der Waals surface area contributed by atoms with Crippen LogP contribution in [0.2, 0.25) is 0 Å². The number of pyridine rings is 1. The molecule has 0 unspecified atom stereocenters. The smallest absolute Gasteiger partial charge is 0.303 e. The van der Waals surface area contributed by atoms with Crippen molar-refractivity contribution in [2.75, 3.05) is 0 Å². The second-order valence-corrected chi connectivity index (χ2v) is 7.25. The van der Waals surface area contributed by atoms with Crippen LogP contribution in [0.3, 0.4) is 0 Å². The number of rotatable bonds is 8. The summed E-state index contributed by atoms with van der Waals surface area (Å²) in [7, 11) is 0. The summed E-state index contributed by atoms with van der Waals surface area (Å²) in [4.78, 5) is 15.1. The van der Waals surface area contributed by atoms with Crippen LogP contribution in [-0.2, 0) is 17.8 Å². The first-order chi connectivity index (χ1) is 11.7. The Morgan fingerprint density at radius 2 is 2.04 bits per heavy atom.